The van der Waals surface area contributed by atoms with E-state index in [1.54, 1.807) is 0 Å². The van der Waals surface area contributed by atoms with E-state index in [-0.39, 0.29) is 6.10 Å². The number of aliphatic hydroxyl groups is 1. The van der Waals surface area contributed by atoms with Crippen molar-refractivity contribution in [2.45, 2.75) is 20.0 Å². The molecule has 0 radical (unpaired) electrons. The first-order valence-corrected chi connectivity index (χ1v) is 7.46. The molecule has 0 amide bonds. The Hall–Kier alpha value is -1.10. The lowest BCUT2D eigenvalue weighted by Crippen LogP contribution is -2.49. The molecule has 0 spiro atoms. The van der Waals surface area contributed by atoms with Crippen LogP contribution in [0.5, 0.6) is 5.75 Å². The summed E-state index contributed by atoms with van der Waals surface area (Å²) in [5.41, 5.74) is 1.23. The number of aliphatic hydroxyl groups excluding tert-OH is 1. The van der Waals surface area contributed by atoms with Crippen molar-refractivity contribution in [3.63, 3.8) is 0 Å². The highest BCUT2D eigenvalue weighted by Crippen LogP contribution is 2.12. The number of benzene rings is 1. The van der Waals surface area contributed by atoms with Gasteiger partial charge in [0.15, 0.2) is 0 Å². The molecule has 4 nitrogen and oxygen atoms in total. The van der Waals surface area contributed by atoms with Crippen LogP contribution in [-0.2, 0) is 0 Å². The van der Waals surface area contributed by atoms with Crippen LogP contribution >= 0.6 is 0 Å². The minimum Gasteiger partial charge on any atom is -0.492 e. The molecule has 1 atom stereocenters. The van der Waals surface area contributed by atoms with Gasteiger partial charge in [-0.3, -0.25) is 9.80 Å². The number of rotatable bonds is 6. The second-order valence-electron chi connectivity index (χ2n) is 5.66. The smallest absolute Gasteiger partial charge is 0.119 e. The zero-order valence-electron chi connectivity index (χ0n) is 12.6. The highest BCUT2D eigenvalue weighted by Gasteiger charge is 2.17. The van der Waals surface area contributed by atoms with Gasteiger partial charge < -0.3 is 9.84 Å². The van der Waals surface area contributed by atoms with Gasteiger partial charge in [0.25, 0.3) is 0 Å². The topological polar surface area (TPSA) is 35.9 Å². The molecule has 0 aliphatic carbocycles. The van der Waals surface area contributed by atoms with Gasteiger partial charge in [-0.1, -0.05) is 12.1 Å². The molecule has 1 aromatic rings. The summed E-state index contributed by atoms with van der Waals surface area (Å²) >= 11 is 0. The van der Waals surface area contributed by atoms with Crippen LogP contribution in [0.4, 0.5) is 0 Å². The van der Waals surface area contributed by atoms with Crippen LogP contribution < -0.4 is 4.74 Å². The van der Waals surface area contributed by atoms with Gasteiger partial charge in [-0.05, 0) is 31.5 Å². The molecule has 20 heavy (non-hydrogen) atoms. The summed E-state index contributed by atoms with van der Waals surface area (Å²) in [4.78, 5) is 4.75. The van der Waals surface area contributed by atoms with Crippen molar-refractivity contribution < 1.29 is 9.84 Å². The van der Waals surface area contributed by atoms with Crippen molar-refractivity contribution in [2.75, 3.05) is 45.9 Å². The molecule has 1 fully saturated rings. The summed E-state index contributed by atoms with van der Waals surface area (Å²) in [7, 11) is 0. The predicted octanol–water partition coefficient (Wildman–Crippen LogP) is 1.37. The van der Waals surface area contributed by atoms with Crippen LogP contribution in [0.2, 0.25) is 0 Å². The van der Waals surface area contributed by atoms with E-state index in [9.17, 15) is 5.11 Å². The summed E-state index contributed by atoms with van der Waals surface area (Å²) in [5.74, 6) is 0.956. The minimum absolute atomic E-state index is 0.230. The van der Waals surface area contributed by atoms with E-state index >= 15 is 0 Å². The molecule has 112 valence electrons. The summed E-state index contributed by atoms with van der Waals surface area (Å²) in [6.07, 6.45) is -0.230. The number of β-amino-alcohol motifs (C(OH)–C–C–N with tert-alkyl or cyclic N) is 1. The molecule has 0 aromatic heterocycles. The average Bonchev–Trinajstić information content (AvgIpc) is 2.40. The van der Waals surface area contributed by atoms with Crippen molar-refractivity contribution >= 4 is 0 Å². The van der Waals surface area contributed by atoms with Crippen LogP contribution in [-0.4, -0.2) is 66.9 Å². The second-order valence-corrected chi connectivity index (χ2v) is 5.66. The third kappa shape index (κ3) is 5.12. The van der Waals surface area contributed by atoms with Gasteiger partial charge in [0.2, 0.25) is 0 Å². The van der Waals surface area contributed by atoms with Crippen LogP contribution in [0.1, 0.15) is 12.5 Å². The molecule has 1 heterocycles. The molecule has 1 N–H and O–H groups in total. The number of aryl methyl sites for hydroxylation is 1. The summed E-state index contributed by atoms with van der Waals surface area (Å²) < 4.78 is 5.79. The van der Waals surface area contributed by atoms with Crippen LogP contribution in [0.3, 0.4) is 0 Å². The van der Waals surface area contributed by atoms with Gasteiger partial charge in [0.05, 0.1) is 6.10 Å². The Morgan fingerprint density at radius 1 is 1.20 bits per heavy atom. The highest BCUT2D eigenvalue weighted by molar-refractivity contribution is 5.27. The summed E-state index contributed by atoms with van der Waals surface area (Å²) in [5, 5.41) is 9.39. The van der Waals surface area contributed by atoms with Crippen LogP contribution in [0, 0.1) is 6.92 Å². The maximum absolute atomic E-state index is 9.39. The normalized spacial score (nSPS) is 18.9. The van der Waals surface area contributed by atoms with E-state index in [1.807, 2.05) is 19.1 Å². The Morgan fingerprint density at radius 2 is 1.90 bits per heavy atom. The highest BCUT2D eigenvalue weighted by atomic mass is 16.5. The van der Waals surface area contributed by atoms with E-state index in [2.05, 4.69) is 28.9 Å². The van der Waals surface area contributed by atoms with Gasteiger partial charge in [-0.2, -0.15) is 0 Å². The van der Waals surface area contributed by atoms with Crippen LogP contribution in [0.15, 0.2) is 24.3 Å². The Balaban J connectivity index is 1.64. The lowest BCUT2D eigenvalue weighted by molar-refractivity contribution is 0.0750. The molecule has 1 aliphatic rings. The first-order valence-electron chi connectivity index (χ1n) is 7.46. The Kier molecular flexibility index (Phi) is 5.83. The molecule has 0 saturated carbocycles. The second kappa shape index (κ2) is 7.62. The molecule has 2 rings (SSSR count). The van der Waals surface area contributed by atoms with Crippen molar-refractivity contribution in [1.82, 2.24) is 9.80 Å². The average molecular weight is 278 g/mol. The third-order valence-corrected chi connectivity index (χ3v) is 3.65. The summed E-state index contributed by atoms with van der Waals surface area (Å²) in [6, 6.07) is 8.18. The van der Waals surface area contributed by atoms with E-state index in [1.165, 1.54) is 5.56 Å². The Labute approximate surface area is 122 Å². The lowest BCUT2D eigenvalue weighted by Gasteiger charge is -2.35. The zero-order valence-corrected chi connectivity index (χ0v) is 12.6. The minimum atomic E-state index is -0.230. The van der Waals surface area contributed by atoms with Gasteiger partial charge in [0, 0.05) is 39.3 Å². The maximum Gasteiger partial charge on any atom is 0.119 e. The first-order chi connectivity index (χ1) is 9.63. The van der Waals surface area contributed by atoms with E-state index in [0.717, 1.165) is 51.6 Å². The van der Waals surface area contributed by atoms with Gasteiger partial charge >= 0.3 is 0 Å². The molecule has 1 saturated heterocycles. The molecular weight excluding hydrogens is 252 g/mol. The Morgan fingerprint density at radius 3 is 2.55 bits per heavy atom. The predicted molar refractivity (Wildman–Crippen MR) is 81.2 cm³/mol. The molecule has 0 unspecified atom stereocenters. The fourth-order valence-electron chi connectivity index (χ4n) is 2.57. The van der Waals surface area contributed by atoms with Gasteiger partial charge in [0.1, 0.15) is 12.4 Å². The fraction of sp³-hybridized carbons (Fsp3) is 0.625. The van der Waals surface area contributed by atoms with E-state index < -0.39 is 0 Å². The first kappa shape index (κ1) is 15.3. The standard InChI is InChI=1S/C16H26N2O2/c1-14-4-3-5-16(12-14)20-11-10-17-6-8-18(9-7-17)13-15(2)19/h3-5,12,15,19H,6-11,13H2,1-2H3/t15-/m1/s1. The fourth-order valence-corrected chi connectivity index (χ4v) is 2.57. The number of ether oxygens (including phenoxy) is 1. The molecular formula is C16H26N2O2. The number of hydrogen-bond acceptors (Lipinski definition) is 4. The molecule has 4 heteroatoms. The van der Waals surface area contributed by atoms with Gasteiger partial charge in [-0.15, -0.1) is 0 Å². The lowest BCUT2D eigenvalue weighted by atomic mass is 10.2. The van der Waals surface area contributed by atoms with Crippen LogP contribution in [0.25, 0.3) is 0 Å². The third-order valence-electron chi connectivity index (χ3n) is 3.65. The van der Waals surface area contributed by atoms with E-state index in [0.29, 0.717) is 0 Å². The van der Waals surface area contributed by atoms with Crippen molar-refractivity contribution in [3.05, 3.63) is 29.8 Å². The molecule has 1 aromatic carbocycles. The Bertz CT molecular complexity index is 401. The largest absolute Gasteiger partial charge is 0.492 e. The van der Waals surface area contributed by atoms with Crippen molar-refractivity contribution in [1.29, 1.82) is 0 Å². The number of hydrogen-bond donors (Lipinski definition) is 1. The summed E-state index contributed by atoms with van der Waals surface area (Å²) in [6.45, 7) is 10.6. The monoisotopic (exact) mass is 278 g/mol. The number of piperazine rings is 1. The van der Waals surface area contributed by atoms with Crippen molar-refractivity contribution in [3.8, 4) is 5.75 Å². The van der Waals surface area contributed by atoms with E-state index in [4.69, 9.17) is 4.74 Å². The maximum atomic E-state index is 9.39. The molecule has 1 aliphatic heterocycles. The molecule has 0 bridgehead atoms. The number of nitrogens with zero attached hydrogens (tertiary/aromatic N) is 2. The van der Waals surface area contributed by atoms with Gasteiger partial charge in [-0.25, -0.2) is 0 Å². The SMILES string of the molecule is Cc1cccc(OCCN2CCN(C[C@@H](C)O)CC2)c1. The quantitative estimate of drug-likeness (QED) is 0.852. The zero-order chi connectivity index (χ0) is 14.4. The van der Waals surface area contributed by atoms with Crippen molar-refractivity contribution in [2.24, 2.45) is 0 Å².